The van der Waals surface area contributed by atoms with Gasteiger partial charge in [0.1, 0.15) is 5.75 Å². The van der Waals surface area contributed by atoms with Crippen LogP contribution in [0.5, 0.6) is 5.75 Å². The molecule has 25 heavy (non-hydrogen) atoms. The van der Waals surface area contributed by atoms with Crippen LogP contribution in [0.2, 0.25) is 5.02 Å². The summed E-state index contributed by atoms with van der Waals surface area (Å²) in [7, 11) is 0. The number of amides is 1. The maximum Gasteiger partial charge on any atom is 0.266 e. The van der Waals surface area contributed by atoms with E-state index in [4.69, 9.17) is 16.3 Å². The highest BCUT2D eigenvalue weighted by Gasteiger charge is 2.42. The van der Waals surface area contributed by atoms with E-state index in [1.54, 1.807) is 12.1 Å². The van der Waals surface area contributed by atoms with Gasteiger partial charge in [0, 0.05) is 18.1 Å². The number of rotatable bonds is 6. The van der Waals surface area contributed by atoms with E-state index in [1.807, 2.05) is 37.8 Å². The van der Waals surface area contributed by atoms with Crippen molar-refractivity contribution in [2.45, 2.75) is 72.3 Å². The standard InChI is InChI=1S/C19H28ClNO2.C2H6/c1-4-12-19(5-2,23-17-8-6-16(20)7-9-17)18(22)21-13-10-15(3)11-14-21;1-2/h6-9,15H,4-5,10-14H2,1-3H3;1-2H3. The predicted octanol–water partition coefficient (Wildman–Crippen LogP) is 5.95. The number of piperidine rings is 1. The van der Waals surface area contributed by atoms with Gasteiger partial charge in [0.25, 0.3) is 5.91 Å². The number of ether oxygens (including phenoxy) is 1. The molecule has 3 nitrogen and oxygen atoms in total. The van der Waals surface area contributed by atoms with Crippen molar-refractivity contribution in [2.75, 3.05) is 13.1 Å². The highest BCUT2D eigenvalue weighted by molar-refractivity contribution is 6.30. The summed E-state index contributed by atoms with van der Waals surface area (Å²) in [5.41, 5.74) is -0.761. The zero-order chi connectivity index (χ0) is 18.9. The Balaban J connectivity index is 0.00000151. The maximum absolute atomic E-state index is 13.2. The van der Waals surface area contributed by atoms with E-state index in [9.17, 15) is 4.79 Å². The number of nitrogens with zero attached hydrogens (tertiary/aromatic N) is 1. The van der Waals surface area contributed by atoms with Gasteiger partial charge in [-0.15, -0.1) is 0 Å². The lowest BCUT2D eigenvalue weighted by Gasteiger charge is -2.39. The molecule has 142 valence electrons. The van der Waals surface area contributed by atoms with E-state index in [-0.39, 0.29) is 5.91 Å². The molecule has 0 saturated carbocycles. The molecule has 1 aliphatic heterocycles. The van der Waals surface area contributed by atoms with Gasteiger partial charge in [-0.1, -0.05) is 52.6 Å². The number of carbonyl (C=O) groups excluding carboxylic acids is 1. The zero-order valence-corrected chi connectivity index (χ0v) is 17.2. The van der Waals surface area contributed by atoms with E-state index in [0.717, 1.165) is 38.8 Å². The normalized spacial score (nSPS) is 17.3. The molecule has 1 fully saturated rings. The molecule has 0 spiro atoms. The molecule has 1 unspecified atom stereocenters. The minimum atomic E-state index is -0.761. The fourth-order valence-corrected chi connectivity index (χ4v) is 3.36. The molecule has 0 aliphatic carbocycles. The first-order valence-corrected chi connectivity index (χ1v) is 10.1. The summed E-state index contributed by atoms with van der Waals surface area (Å²) < 4.78 is 6.24. The molecule has 0 bridgehead atoms. The first-order valence-electron chi connectivity index (χ1n) is 9.74. The quantitative estimate of drug-likeness (QED) is 0.621. The summed E-state index contributed by atoms with van der Waals surface area (Å²) in [5, 5.41) is 0.672. The number of likely N-dealkylation sites (tertiary alicyclic amines) is 1. The third-order valence-electron chi connectivity index (χ3n) is 4.81. The van der Waals surface area contributed by atoms with Crippen LogP contribution in [0.3, 0.4) is 0 Å². The summed E-state index contributed by atoms with van der Waals surface area (Å²) in [6.07, 6.45) is 4.49. The van der Waals surface area contributed by atoms with Crippen molar-refractivity contribution in [3.63, 3.8) is 0 Å². The van der Waals surface area contributed by atoms with Crippen LogP contribution >= 0.6 is 11.6 Å². The van der Waals surface area contributed by atoms with Gasteiger partial charge in [0.05, 0.1) is 0 Å². The minimum Gasteiger partial charge on any atom is -0.477 e. The smallest absolute Gasteiger partial charge is 0.266 e. The molecule has 0 N–H and O–H groups in total. The molecule has 1 heterocycles. The van der Waals surface area contributed by atoms with Crippen LogP contribution in [0, 0.1) is 5.92 Å². The van der Waals surface area contributed by atoms with Crippen LogP contribution in [0.1, 0.15) is 66.7 Å². The average Bonchev–Trinajstić information content (AvgIpc) is 2.65. The van der Waals surface area contributed by atoms with Crippen LogP contribution in [0.4, 0.5) is 0 Å². The Morgan fingerprint density at radius 3 is 2.24 bits per heavy atom. The van der Waals surface area contributed by atoms with Gasteiger partial charge in [-0.25, -0.2) is 0 Å². The number of hydrogen-bond donors (Lipinski definition) is 0. The number of hydrogen-bond acceptors (Lipinski definition) is 2. The maximum atomic E-state index is 13.2. The molecule has 1 saturated heterocycles. The van der Waals surface area contributed by atoms with Gasteiger partial charge >= 0.3 is 0 Å². The molecular formula is C21H34ClNO2. The zero-order valence-electron chi connectivity index (χ0n) is 16.5. The summed E-state index contributed by atoms with van der Waals surface area (Å²) in [4.78, 5) is 15.2. The Hall–Kier alpha value is -1.22. The van der Waals surface area contributed by atoms with Crippen molar-refractivity contribution in [1.82, 2.24) is 4.90 Å². The fraction of sp³-hybridized carbons (Fsp3) is 0.667. The van der Waals surface area contributed by atoms with Gasteiger partial charge in [-0.2, -0.15) is 0 Å². The van der Waals surface area contributed by atoms with Crippen molar-refractivity contribution >= 4 is 17.5 Å². The Morgan fingerprint density at radius 1 is 1.20 bits per heavy atom. The van der Waals surface area contributed by atoms with Gasteiger partial charge in [-0.3, -0.25) is 4.79 Å². The molecule has 4 heteroatoms. The highest BCUT2D eigenvalue weighted by Crippen LogP contribution is 2.30. The lowest BCUT2D eigenvalue weighted by atomic mass is 9.90. The third kappa shape index (κ3) is 5.91. The molecule has 1 aromatic carbocycles. The number of benzene rings is 1. The van der Waals surface area contributed by atoms with Gasteiger partial charge < -0.3 is 9.64 Å². The van der Waals surface area contributed by atoms with E-state index >= 15 is 0 Å². The second-order valence-corrected chi connectivity index (χ2v) is 7.06. The van der Waals surface area contributed by atoms with E-state index in [2.05, 4.69) is 13.8 Å². The lowest BCUT2D eigenvalue weighted by Crippen LogP contribution is -2.54. The van der Waals surface area contributed by atoms with Crippen LogP contribution < -0.4 is 4.74 Å². The minimum absolute atomic E-state index is 0.142. The van der Waals surface area contributed by atoms with Gasteiger partial charge in [0.2, 0.25) is 0 Å². The lowest BCUT2D eigenvalue weighted by molar-refractivity contribution is -0.151. The molecule has 1 aliphatic rings. The summed E-state index contributed by atoms with van der Waals surface area (Å²) in [6, 6.07) is 7.29. The SMILES string of the molecule is CC.CCCC(CC)(Oc1ccc(Cl)cc1)C(=O)N1CCC(C)CC1. The van der Waals surface area contributed by atoms with Crippen LogP contribution in [0.25, 0.3) is 0 Å². The monoisotopic (exact) mass is 367 g/mol. The van der Waals surface area contributed by atoms with Gasteiger partial charge in [0.15, 0.2) is 5.60 Å². The molecule has 2 rings (SSSR count). The van der Waals surface area contributed by atoms with Crippen LogP contribution in [-0.2, 0) is 4.79 Å². The molecule has 1 atom stereocenters. The first kappa shape index (κ1) is 21.8. The van der Waals surface area contributed by atoms with E-state index in [0.29, 0.717) is 23.1 Å². The van der Waals surface area contributed by atoms with Gasteiger partial charge in [-0.05, 0) is 55.9 Å². The second-order valence-electron chi connectivity index (χ2n) is 6.63. The summed E-state index contributed by atoms with van der Waals surface area (Å²) in [5.74, 6) is 1.56. The topological polar surface area (TPSA) is 29.5 Å². The molecule has 0 aromatic heterocycles. The van der Waals surface area contributed by atoms with Crippen LogP contribution in [-0.4, -0.2) is 29.5 Å². The third-order valence-corrected chi connectivity index (χ3v) is 5.06. The Labute approximate surface area is 158 Å². The average molecular weight is 368 g/mol. The van der Waals surface area contributed by atoms with Crippen molar-refractivity contribution in [3.8, 4) is 5.75 Å². The van der Waals surface area contributed by atoms with E-state index in [1.165, 1.54) is 0 Å². The highest BCUT2D eigenvalue weighted by atomic mass is 35.5. The Kier molecular flexibility index (Phi) is 9.34. The fourth-order valence-electron chi connectivity index (χ4n) is 3.23. The summed E-state index contributed by atoms with van der Waals surface area (Å²) in [6.45, 7) is 12.1. The molecule has 0 radical (unpaired) electrons. The molecular weight excluding hydrogens is 334 g/mol. The van der Waals surface area contributed by atoms with Crippen molar-refractivity contribution in [2.24, 2.45) is 5.92 Å². The van der Waals surface area contributed by atoms with E-state index < -0.39 is 5.60 Å². The van der Waals surface area contributed by atoms with Crippen LogP contribution in [0.15, 0.2) is 24.3 Å². The largest absolute Gasteiger partial charge is 0.477 e. The van der Waals surface area contributed by atoms with Crippen molar-refractivity contribution in [1.29, 1.82) is 0 Å². The Bertz CT molecular complexity index is 509. The summed E-state index contributed by atoms with van der Waals surface area (Å²) >= 11 is 5.95. The van der Waals surface area contributed by atoms with Crippen molar-refractivity contribution in [3.05, 3.63) is 29.3 Å². The molecule has 1 amide bonds. The van der Waals surface area contributed by atoms with Crippen molar-refractivity contribution < 1.29 is 9.53 Å². The number of halogens is 1. The molecule has 1 aromatic rings. The predicted molar refractivity (Wildman–Crippen MR) is 106 cm³/mol. The second kappa shape index (κ2) is 10.7. The number of carbonyl (C=O) groups is 1. The first-order chi connectivity index (χ1) is 12.0. The Morgan fingerprint density at radius 2 is 1.76 bits per heavy atom.